The molecule has 0 aliphatic heterocycles. The normalized spacial score (nSPS) is 10.6. The van der Waals surface area contributed by atoms with Crippen LogP contribution in [0.5, 0.6) is 5.88 Å². The zero-order valence-corrected chi connectivity index (χ0v) is 9.58. The highest BCUT2D eigenvalue weighted by molar-refractivity contribution is 6.31. The van der Waals surface area contributed by atoms with Crippen LogP contribution in [-0.2, 0) is 0 Å². The standard InChI is InChI=1S/C11H13ClN2O/c1-4-15-11-9(3)10(13-7-14-11)6-5-8(2)12/h5-7H,2,4H2,1,3H3/b6-5-. The number of allylic oxidation sites excluding steroid dienone is 2. The van der Waals surface area contributed by atoms with Gasteiger partial charge in [0.25, 0.3) is 0 Å². The second kappa shape index (κ2) is 5.51. The van der Waals surface area contributed by atoms with Crippen LogP contribution in [0, 0.1) is 6.92 Å². The third kappa shape index (κ3) is 3.36. The van der Waals surface area contributed by atoms with Crippen molar-refractivity contribution >= 4 is 17.7 Å². The van der Waals surface area contributed by atoms with Crippen LogP contribution < -0.4 is 4.74 Å². The molecule has 0 radical (unpaired) electrons. The van der Waals surface area contributed by atoms with Gasteiger partial charge in [0.2, 0.25) is 5.88 Å². The minimum atomic E-state index is 0.464. The highest BCUT2D eigenvalue weighted by Crippen LogP contribution is 2.17. The summed E-state index contributed by atoms with van der Waals surface area (Å²) in [4.78, 5) is 8.15. The van der Waals surface area contributed by atoms with Crippen LogP contribution in [0.2, 0.25) is 0 Å². The molecule has 0 bridgehead atoms. The fourth-order valence-electron chi connectivity index (χ4n) is 1.07. The Labute approximate surface area is 94.5 Å². The molecule has 0 saturated heterocycles. The molecule has 0 unspecified atom stereocenters. The first-order chi connectivity index (χ1) is 7.15. The van der Waals surface area contributed by atoms with Crippen molar-refractivity contribution in [1.82, 2.24) is 9.97 Å². The fourth-order valence-corrected chi connectivity index (χ4v) is 1.13. The van der Waals surface area contributed by atoms with Gasteiger partial charge < -0.3 is 4.74 Å². The van der Waals surface area contributed by atoms with Crippen molar-refractivity contribution in [3.63, 3.8) is 0 Å². The Morgan fingerprint density at radius 2 is 2.33 bits per heavy atom. The number of ether oxygens (including phenoxy) is 1. The van der Waals surface area contributed by atoms with E-state index in [9.17, 15) is 0 Å². The average Bonchev–Trinajstić information content (AvgIpc) is 2.19. The van der Waals surface area contributed by atoms with Gasteiger partial charge in [-0.15, -0.1) is 0 Å². The maximum atomic E-state index is 5.63. The van der Waals surface area contributed by atoms with Gasteiger partial charge >= 0.3 is 0 Å². The first-order valence-electron chi connectivity index (χ1n) is 4.62. The molecular formula is C11H13ClN2O. The summed E-state index contributed by atoms with van der Waals surface area (Å²) < 4.78 is 5.34. The zero-order chi connectivity index (χ0) is 11.3. The molecule has 1 heterocycles. The minimum absolute atomic E-state index is 0.464. The molecule has 0 atom stereocenters. The Bertz CT molecular complexity index is 388. The van der Waals surface area contributed by atoms with Crippen molar-refractivity contribution in [2.75, 3.05) is 6.61 Å². The summed E-state index contributed by atoms with van der Waals surface area (Å²) in [5.41, 5.74) is 1.68. The van der Waals surface area contributed by atoms with E-state index < -0.39 is 0 Å². The molecule has 0 amide bonds. The van der Waals surface area contributed by atoms with Crippen LogP contribution in [-0.4, -0.2) is 16.6 Å². The first kappa shape index (κ1) is 11.7. The molecular weight excluding hydrogens is 212 g/mol. The van der Waals surface area contributed by atoms with E-state index in [-0.39, 0.29) is 0 Å². The molecule has 1 aromatic heterocycles. The lowest BCUT2D eigenvalue weighted by atomic mass is 10.2. The van der Waals surface area contributed by atoms with Crippen LogP contribution in [0.3, 0.4) is 0 Å². The maximum absolute atomic E-state index is 5.63. The van der Waals surface area contributed by atoms with Gasteiger partial charge in [0.05, 0.1) is 12.3 Å². The van der Waals surface area contributed by atoms with Crippen LogP contribution in [0.25, 0.3) is 6.08 Å². The van der Waals surface area contributed by atoms with Crippen LogP contribution in [0.4, 0.5) is 0 Å². The predicted octanol–water partition coefficient (Wildman–Crippen LogP) is 2.95. The quantitative estimate of drug-likeness (QED) is 0.738. The van der Waals surface area contributed by atoms with Gasteiger partial charge in [0.15, 0.2) is 0 Å². The second-order valence-electron chi connectivity index (χ2n) is 2.90. The van der Waals surface area contributed by atoms with Crippen molar-refractivity contribution in [2.24, 2.45) is 0 Å². The first-order valence-corrected chi connectivity index (χ1v) is 4.99. The third-order valence-corrected chi connectivity index (χ3v) is 1.91. The summed E-state index contributed by atoms with van der Waals surface area (Å²) >= 11 is 5.63. The molecule has 1 aromatic rings. The van der Waals surface area contributed by atoms with Gasteiger partial charge in [-0.2, -0.15) is 0 Å². The summed E-state index contributed by atoms with van der Waals surface area (Å²) in [5.74, 6) is 0.604. The van der Waals surface area contributed by atoms with Gasteiger partial charge in [-0.05, 0) is 26.0 Å². The smallest absolute Gasteiger partial charge is 0.219 e. The molecule has 0 aliphatic rings. The number of aromatic nitrogens is 2. The largest absolute Gasteiger partial charge is 0.478 e. The molecule has 4 heteroatoms. The molecule has 3 nitrogen and oxygen atoms in total. The van der Waals surface area contributed by atoms with E-state index in [2.05, 4.69) is 16.5 Å². The Kier molecular flexibility index (Phi) is 4.31. The van der Waals surface area contributed by atoms with E-state index in [0.29, 0.717) is 17.5 Å². The average molecular weight is 225 g/mol. The summed E-state index contributed by atoms with van der Waals surface area (Å²) in [7, 11) is 0. The van der Waals surface area contributed by atoms with Crippen molar-refractivity contribution in [1.29, 1.82) is 0 Å². The van der Waals surface area contributed by atoms with Gasteiger partial charge in [-0.25, -0.2) is 9.97 Å². The molecule has 80 valence electrons. The molecule has 0 aliphatic carbocycles. The van der Waals surface area contributed by atoms with E-state index in [1.54, 1.807) is 12.2 Å². The van der Waals surface area contributed by atoms with E-state index in [1.807, 2.05) is 13.8 Å². The van der Waals surface area contributed by atoms with Crippen LogP contribution in [0.15, 0.2) is 24.0 Å². The Balaban J connectivity index is 2.98. The molecule has 0 spiro atoms. The van der Waals surface area contributed by atoms with E-state index >= 15 is 0 Å². The van der Waals surface area contributed by atoms with Gasteiger partial charge in [-0.3, -0.25) is 0 Å². The minimum Gasteiger partial charge on any atom is -0.478 e. The van der Waals surface area contributed by atoms with E-state index in [1.165, 1.54) is 6.33 Å². The fraction of sp³-hybridized carbons (Fsp3) is 0.273. The summed E-state index contributed by atoms with van der Waals surface area (Å²) in [6.07, 6.45) is 4.94. The van der Waals surface area contributed by atoms with Gasteiger partial charge in [-0.1, -0.05) is 18.2 Å². The van der Waals surface area contributed by atoms with Gasteiger partial charge in [0.1, 0.15) is 6.33 Å². The number of hydrogen-bond acceptors (Lipinski definition) is 3. The van der Waals surface area contributed by atoms with E-state index in [0.717, 1.165) is 11.3 Å². The number of rotatable bonds is 4. The van der Waals surface area contributed by atoms with Crippen molar-refractivity contribution < 1.29 is 4.74 Å². The molecule has 15 heavy (non-hydrogen) atoms. The zero-order valence-electron chi connectivity index (χ0n) is 8.83. The summed E-state index contributed by atoms with van der Waals surface area (Å²) in [6.45, 7) is 7.97. The highest BCUT2D eigenvalue weighted by Gasteiger charge is 2.04. The molecule has 1 rings (SSSR count). The summed E-state index contributed by atoms with van der Waals surface area (Å²) in [5, 5.41) is 0.464. The lowest BCUT2D eigenvalue weighted by Crippen LogP contribution is -1.99. The maximum Gasteiger partial charge on any atom is 0.219 e. The Morgan fingerprint density at radius 1 is 1.60 bits per heavy atom. The summed E-state index contributed by atoms with van der Waals surface area (Å²) in [6, 6.07) is 0. The van der Waals surface area contributed by atoms with Crippen molar-refractivity contribution in [3.8, 4) is 5.88 Å². The number of halogens is 1. The number of nitrogens with zero attached hydrogens (tertiary/aromatic N) is 2. The molecule has 0 saturated carbocycles. The highest BCUT2D eigenvalue weighted by atomic mass is 35.5. The van der Waals surface area contributed by atoms with Gasteiger partial charge in [0, 0.05) is 10.6 Å². The predicted molar refractivity (Wildman–Crippen MR) is 62.0 cm³/mol. The lowest BCUT2D eigenvalue weighted by Gasteiger charge is -2.06. The second-order valence-corrected chi connectivity index (χ2v) is 3.39. The van der Waals surface area contributed by atoms with Crippen LogP contribution in [0.1, 0.15) is 18.2 Å². The Hall–Kier alpha value is -1.35. The van der Waals surface area contributed by atoms with Crippen molar-refractivity contribution in [3.05, 3.63) is 35.3 Å². The molecule has 0 fully saturated rings. The third-order valence-electron chi connectivity index (χ3n) is 1.78. The topological polar surface area (TPSA) is 35.0 Å². The SMILES string of the molecule is C=C(Cl)/C=C\c1ncnc(OCC)c1C. The number of hydrogen-bond donors (Lipinski definition) is 0. The lowest BCUT2D eigenvalue weighted by molar-refractivity contribution is 0.323. The van der Waals surface area contributed by atoms with Crippen molar-refractivity contribution in [2.45, 2.75) is 13.8 Å². The Morgan fingerprint density at radius 3 is 2.93 bits per heavy atom. The van der Waals surface area contributed by atoms with Crippen LogP contribution >= 0.6 is 11.6 Å². The molecule has 0 N–H and O–H groups in total. The monoisotopic (exact) mass is 224 g/mol. The molecule has 0 aromatic carbocycles. The van der Waals surface area contributed by atoms with E-state index in [4.69, 9.17) is 16.3 Å².